The lowest BCUT2D eigenvalue weighted by Crippen LogP contribution is -2.42. The van der Waals surface area contributed by atoms with Crippen LogP contribution in [0, 0.1) is 0 Å². The number of hydrogen-bond donors (Lipinski definition) is 3. The Morgan fingerprint density at radius 3 is 2.60 bits per heavy atom. The van der Waals surface area contributed by atoms with Gasteiger partial charge in [0.05, 0.1) is 24.1 Å². The number of nitrogens with one attached hydrogen (secondary N) is 3. The number of benzene rings is 1. The van der Waals surface area contributed by atoms with Crippen molar-refractivity contribution in [3.8, 4) is 5.75 Å². The first kappa shape index (κ1) is 18.9. The second kappa shape index (κ2) is 8.10. The van der Waals surface area contributed by atoms with Crippen molar-refractivity contribution >= 4 is 38.9 Å². The fraction of sp³-hybridized carbons (Fsp3) is 0.200. The van der Waals surface area contributed by atoms with Gasteiger partial charge in [0.2, 0.25) is 11.8 Å². The monoisotopic (exact) mass is 383 g/mol. The van der Waals surface area contributed by atoms with Gasteiger partial charge in [-0.1, -0.05) is 6.07 Å². The topological polar surface area (TPSA) is 114 Å². The number of carbonyl (C=O) groups is 2. The van der Waals surface area contributed by atoms with E-state index in [1.807, 2.05) is 10.2 Å². The van der Waals surface area contributed by atoms with Gasteiger partial charge in [-0.25, -0.2) is 8.42 Å². The molecule has 8 nitrogen and oxygen atoms in total. The summed E-state index contributed by atoms with van der Waals surface area (Å²) in [6.07, 6.45) is 0.0694. The lowest BCUT2D eigenvalue weighted by Gasteiger charge is -2.12. The van der Waals surface area contributed by atoms with E-state index in [2.05, 4.69) is 10.7 Å². The van der Waals surface area contributed by atoms with Crippen molar-refractivity contribution in [3.63, 3.8) is 0 Å². The average Bonchev–Trinajstić information content (AvgIpc) is 3.05. The first-order valence-corrected chi connectivity index (χ1v) is 9.47. The summed E-state index contributed by atoms with van der Waals surface area (Å²) >= 11 is 1.40. The van der Waals surface area contributed by atoms with Crippen LogP contribution in [0.15, 0.2) is 40.6 Å². The molecule has 1 aromatic carbocycles. The molecule has 0 aliphatic heterocycles. The van der Waals surface area contributed by atoms with Gasteiger partial charge in [0.25, 0.3) is 10.0 Å². The average molecular weight is 383 g/mol. The van der Waals surface area contributed by atoms with Gasteiger partial charge < -0.3 is 10.1 Å². The molecular formula is C15H17N3O5S2. The molecule has 2 rings (SSSR count). The van der Waals surface area contributed by atoms with Crippen molar-refractivity contribution in [1.82, 2.24) is 10.3 Å². The van der Waals surface area contributed by atoms with Crippen LogP contribution in [0.25, 0.3) is 0 Å². The normalized spacial score (nSPS) is 11.0. The van der Waals surface area contributed by atoms with Crippen LogP contribution in [-0.2, 0) is 26.0 Å². The van der Waals surface area contributed by atoms with E-state index >= 15 is 0 Å². The van der Waals surface area contributed by atoms with Gasteiger partial charge in [-0.15, -0.1) is 16.2 Å². The third kappa shape index (κ3) is 5.28. The van der Waals surface area contributed by atoms with Crippen LogP contribution < -0.4 is 20.3 Å². The van der Waals surface area contributed by atoms with Gasteiger partial charge in [0.15, 0.2) is 0 Å². The molecule has 0 saturated heterocycles. The summed E-state index contributed by atoms with van der Waals surface area (Å²) in [5.74, 6) is -0.539. The molecule has 2 amide bonds. The molecule has 2 aromatic rings. The second-order valence-electron chi connectivity index (χ2n) is 4.95. The largest absolute Gasteiger partial charge is 0.495 e. The summed E-state index contributed by atoms with van der Waals surface area (Å²) in [4.78, 5) is 25.7. The predicted molar refractivity (Wildman–Crippen MR) is 93.8 cm³/mol. The molecule has 0 saturated carbocycles. The molecule has 1 aromatic heterocycles. The number of anilines is 1. The van der Waals surface area contributed by atoms with Crippen LogP contribution in [0.1, 0.15) is 11.8 Å². The predicted octanol–water partition coefficient (Wildman–Crippen LogP) is 1.27. The van der Waals surface area contributed by atoms with Crippen LogP contribution in [0.2, 0.25) is 0 Å². The third-order valence-electron chi connectivity index (χ3n) is 3.03. The fourth-order valence-electron chi connectivity index (χ4n) is 1.94. The van der Waals surface area contributed by atoms with Crippen molar-refractivity contribution in [1.29, 1.82) is 0 Å². The quantitative estimate of drug-likeness (QED) is 0.623. The minimum Gasteiger partial charge on any atom is -0.495 e. The van der Waals surface area contributed by atoms with Crippen LogP contribution in [0.3, 0.4) is 0 Å². The highest BCUT2D eigenvalue weighted by Crippen LogP contribution is 2.27. The molecule has 0 aliphatic carbocycles. The number of rotatable bonds is 7. The molecule has 0 atom stereocenters. The van der Waals surface area contributed by atoms with E-state index in [1.54, 1.807) is 12.1 Å². The fourth-order valence-corrected chi connectivity index (χ4v) is 3.53. The maximum atomic E-state index is 12.3. The Kier molecular flexibility index (Phi) is 6.12. The van der Waals surface area contributed by atoms with Gasteiger partial charge >= 0.3 is 0 Å². The zero-order valence-corrected chi connectivity index (χ0v) is 15.2. The maximum absolute atomic E-state index is 12.3. The molecule has 10 heteroatoms. The molecule has 0 spiro atoms. The summed E-state index contributed by atoms with van der Waals surface area (Å²) in [5.41, 5.74) is 2.37. The Morgan fingerprint density at radius 2 is 2.00 bits per heavy atom. The molecule has 25 heavy (non-hydrogen) atoms. The van der Waals surface area contributed by atoms with Gasteiger partial charge in [0.1, 0.15) is 5.75 Å². The number of sulfonamides is 1. The highest BCUT2D eigenvalue weighted by Gasteiger charge is 2.18. The van der Waals surface area contributed by atoms with Gasteiger partial charge in [0, 0.05) is 11.8 Å². The van der Waals surface area contributed by atoms with E-state index in [1.165, 1.54) is 43.6 Å². The van der Waals surface area contributed by atoms with Crippen molar-refractivity contribution in [2.24, 2.45) is 0 Å². The molecule has 0 unspecified atom stereocenters. The van der Waals surface area contributed by atoms with E-state index in [-0.39, 0.29) is 22.9 Å². The SMILES string of the molecule is COc1ccc(S(=O)(=O)NNC(=O)Cc2cccs2)cc1NC(C)=O. The van der Waals surface area contributed by atoms with E-state index in [4.69, 9.17) is 4.74 Å². The number of methoxy groups -OCH3 is 1. The Bertz CT molecular complexity index is 863. The van der Waals surface area contributed by atoms with E-state index < -0.39 is 15.9 Å². The third-order valence-corrected chi connectivity index (χ3v) is 5.15. The Hall–Kier alpha value is -2.43. The first-order valence-electron chi connectivity index (χ1n) is 7.10. The molecule has 134 valence electrons. The van der Waals surface area contributed by atoms with Crippen molar-refractivity contribution in [2.45, 2.75) is 18.2 Å². The van der Waals surface area contributed by atoms with E-state index in [0.717, 1.165) is 4.88 Å². The summed E-state index contributed by atoms with van der Waals surface area (Å²) in [5, 5.41) is 4.32. The highest BCUT2D eigenvalue weighted by atomic mass is 32.2. The minimum atomic E-state index is -4.00. The van der Waals surface area contributed by atoms with E-state index in [0.29, 0.717) is 5.75 Å². The second-order valence-corrected chi connectivity index (χ2v) is 7.67. The summed E-state index contributed by atoms with van der Waals surface area (Å²) < 4.78 is 29.7. The van der Waals surface area contributed by atoms with Crippen LogP contribution >= 0.6 is 11.3 Å². The van der Waals surface area contributed by atoms with Crippen molar-refractivity contribution < 1.29 is 22.7 Å². The summed E-state index contributed by atoms with van der Waals surface area (Å²) in [6, 6.07) is 7.54. The number of thiophene rings is 1. The van der Waals surface area contributed by atoms with E-state index in [9.17, 15) is 18.0 Å². The highest BCUT2D eigenvalue weighted by molar-refractivity contribution is 7.89. The van der Waals surface area contributed by atoms with Crippen molar-refractivity contribution in [3.05, 3.63) is 40.6 Å². The smallest absolute Gasteiger partial charge is 0.257 e. The number of ether oxygens (including phenoxy) is 1. The first-order chi connectivity index (χ1) is 11.8. The van der Waals surface area contributed by atoms with Gasteiger partial charge in [-0.05, 0) is 29.6 Å². The van der Waals surface area contributed by atoms with Crippen LogP contribution in [-0.4, -0.2) is 27.3 Å². The Balaban J connectivity index is 2.10. The number of hydrogen-bond acceptors (Lipinski definition) is 6. The van der Waals surface area contributed by atoms with Crippen LogP contribution in [0.5, 0.6) is 5.75 Å². The molecule has 0 fully saturated rings. The molecule has 1 heterocycles. The molecule has 3 N–H and O–H groups in total. The lowest BCUT2D eigenvalue weighted by atomic mass is 10.3. The lowest BCUT2D eigenvalue weighted by molar-refractivity contribution is -0.120. The molecular weight excluding hydrogens is 366 g/mol. The van der Waals surface area contributed by atoms with Gasteiger partial charge in [-0.3, -0.25) is 15.0 Å². The maximum Gasteiger partial charge on any atom is 0.257 e. The number of carbonyl (C=O) groups excluding carboxylic acids is 2. The molecule has 0 aliphatic rings. The zero-order valence-electron chi connectivity index (χ0n) is 13.5. The Labute approximate surface area is 149 Å². The van der Waals surface area contributed by atoms with Crippen LogP contribution in [0.4, 0.5) is 5.69 Å². The minimum absolute atomic E-state index is 0.0694. The summed E-state index contributed by atoms with van der Waals surface area (Å²) in [7, 11) is -2.60. The zero-order chi connectivity index (χ0) is 18.4. The number of amides is 2. The molecule has 0 radical (unpaired) electrons. The van der Waals surface area contributed by atoms with Crippen molar-refractivity contribution in [2.75, 3.05) is 12.4 Å². The molecule has 0 bridgehead atoms. The van der Waals surface area contributed by atoms with Gasteiger partial charge in [-0.2, -0.15) is 0 Å². The standard InChI is InChI=1S/C15H17N3O5S2/c1-10(19)16-13-9-12(5-6-14(13)23-2)25(21,22)18-17-15(20)8-11-4-3-7-24-11/h3-7,9,18H,8H2,1-2H3,(H,16,19)(H,17,20). The summed E-state index contributed by atoms with van der Waals surface area (Å²) in [6.45, 7) is 1.30. The number of hydrazine groups is 1. The Morgan fingerprint density at radius 1 is 1.24 bits per heavy atom.